The van der Waals surface area contributed by atoms with Crippen molar-refractivity contribution in [3.63, 3.8) is 0 Å². The monoisotopic (exact) mass is 197 g/mol. The molecule has 70 valence electrons. The van der Waals surface area contributed by atoms with Crippen LogP contribution < -0.4 is 5.30 Å². The van der Waals surface area contributed by atoms with E-state index in [9.17, 15) is 4.57 Å². The molecule has 0 spiro atoms. The molecule has 0 N–H and O–H groups in total. The summed E-state index contributed by atoms with van der Waals surface area (Å²) in [5.41, 5.74) is 0. The summed E-state index contributed by atoms with van der Waals surface area (Å²) in [6.45, 7) is 4.62. The Kier molecular flexibility index (Phi) is 4.07. The van der Waals surface area contributed by atoms with E-state index in [0.717, 1.165) is 5.30 Å². The van der Waals surface area contributed by atoms with Gasteiger partial charge < -0.3 is 0 Å². The van der Waals surface area contributed by atoms with E-state index in [1.165, 1.54) is 0 Å². The molecule has 0 fully saturated rings. The predicted octanol–water partition coefficient (Wildman–Crippen LogP) is 2.73. The summed E-state index contributed by atoms with van der Waals surface area (Å²) in [7, 11) is -1.66. The highest BCUT2D eigenvalue weighted by Crippen LogP contribution is 2.21. The molecular formula is C10H14O2P+. The molecule has 0 amide bonds. The maximum Gasteiger partial charge on any atom is 0.548 e. The molecule has 0 aliphatic rings. The van der Waals surface area contributed by atoms with Crippen LogP contribution >= 0.6 is 8.03 Å². The molecule has 1 unspecified atom stereocenters. The molecule has 0 bridgehead atoms. The fourth-order valence-corrected chi connectivity index (χ4v) is 1.84. The van der Waals surface area contributed by atoms with Crippen LogP contribution in [0.15, 0.2) is 30.3 Å². The normalized spacial score (nSPS) is 11.8. The van der Waals surface area contributed by atoms with Crippen molar-refractivity contribution < 1.29 is 9.09 Å². The summed E-state index contributed by atoms with van der Waals surface area (Å²) in [4.78, 5) is 0. The van der Waals surface area contributed by atoms with E-state index in [0.29, 0.717) is 12.5 Å². The summed E-state index contributed by atoms with van der Waals surface area (Å²) in [6, 6.07) is 9.26. The van der Waals surface area contributed by atoms with Crippen molar-refractivity contribution in [1.29, 1.82) is 0 Å². The summed E-state index contributed by atoms with van der Waals surface area (Å²) < 4.78 is 16.7. The van der Waals surface area contributed by atoms with Crippen molar-refractivity contribution in [3.8, 4) is 0 Å². The van der Waals surface area contributed by atoms with Gasteiger partial charge in [0.25, 0.3) is 0 Å². The van der Waals surface area contributed by atoms with Gasteiger partial charge in [-0.05, 0) is 22.6 Å². The van der Waals surface area contributed by atoms with Crippen LogP contribution in [-0.2, 0) is 9.09 Å². The second kappa shape index (κ2) is 5.11. The fourth-order valence-electron chi connectivity index (χ4n) is 0.841. The summed E-state index contributed by atoms with van der Waals surface area (Å²) in [5, 5.41) is 0.762. The molecule has 0 aromatic heterocycles. The number of rotatable bonds is 4. The highest BCUT2D eigenvalue weighted by atomic mass is 31.1. The van der Waals surface area contributed by atoms with Gasteiger partial charge in [-0.25, -0.2) is 0 Å². The van der Waals surface area contributed by atoms with Crippen LogP contribution in [0.25, 0.3) is 0 Å². The highest BCUT2D eigenvalue weighted by molar-refractivity contribution is 7.48. The minimum atomic E-state index is -1.66. The van der Waals surface area contributed by atoms with Crippen LogP contribution in [0.2, 0.25) is 0 Å². The van der Waals surface area contributed by atoms with Gasteiger partial charge in [0.1, 0.15) is 6.61 Å². The Morgan fingerprint density at radius 1 is 1.31 bits per heavy atom. The molecule has 1 aromatic carbocycles. The maximum absolute atomic E-state index is 11.5. The Labute approximate surface area is 79.8 Å². The standard InChI is InChI=1S/C10H14O2P/c1-9(2)8-12-13(11)10-6-4-3-5-7-10/h3-7,9H,8H2,1-2H3/q+1. The number of hydrogen-bond donors (Lipinski definition) is 0. The van der Waals surface area contributed by atoms with Crippen LogP contribution in [0.1, 0.15) is 13.8 Å². The predicted molar refractivity (Wildman–Crippen MR) is 54.5 cm³/mol. The molecule has 2 nitrogen and oxygen atoms in total. The van der Waals surface area contributed by atoms with Gasteiger partial charge in [-0.2, -0.15) is 0 Å². The van der Waals surface area contributed by atoms with Crippen molar-refractivity contribution in [2.45, 2.75) is 13.8 Å². The number of hydrogen-bond acceptors (Lipinski definition) is 2. The Morgan fingerprint density at radius 3 is 2.46 bits per heavy atom. The van der Waals surface area contributed by atoms with E-state index in [1.54, 1.807) is 0 Å². The molecule has 3 heteroatoms. The van der Waals surface area contributed by atoms with Gasteiger partial charge in [-0.1, -0.05) is 32.0 Å². The van der Waals surface area contributed by atoms with Crippen LogP contribution in [0.4, 0.5) is 0 Å². The zero-order chi connectivity index (χ0) is 9.68. The van der Waals surface area contributed by atoms with E-state index in [4.69, 9.17) is 4.52 Å². The first-order valence-electron chi connectivity index (χ1n) is 4.35. The highest BCUT2D eigenvalue weighted by Gasteiger charge is 2.21. The summed E-state index contributed by atoms with van der Waals surface area (Å²) >= 11 is 0. The van der Waals surface area contributed by atoms with E-state index in [1.807, 2.05) is 44.2 Å². The fraction of sp³-hybridized carbons (Fsp3) is 0.400. The lowest BCUT2D eigenvalue weighted by molar-refractivity contribution is 0.287. The molecule has 0 heterocycles. The molecular weight excluding hydrogens is 183 g/mol. The minimum absolute atomic E-state index is 0.419. The van der Waals surface area contributed by atoms with Crippen molar-refractivity contribution in [2.24, 2.45) is 5.92 Å². The maximum atomic E-state index is 11.5. The van der Waals surface area contributed by atoms with Crippen molar-refractivity contribution in [2.75, 3.05) is 6.61 Å². The largest absolute Gasteiger partial charge is 0.548 e. The van der Waals surface area contributed by atoms with Gasteiger partial charge in [0.05, 0.1) is 0 Å². The average molecular weight is 197 g/mol. The molecule has 0 aliphatic carbocycles. The first-order valence-corrected chi connectivity index (χ1v) is 5.53. The van der Waals surface area contributed by atoms with Gasteiger partial charge in [0.15, 0.2) is 0 Å². The molecule has 1 atom stereocenters. The smallest absolute Gasteiger partial charge is 0.142 e. The van der Waals surface area contributed by atoms with Crippen molar-refractivity contribution in [1.82, 2.24) is 0 Å². The zero-order valence-electron chi connectivity index (χ0n) is 7.93. The van der Waals surface area contributed by atoms with Crippen LogP contribution in [0.3, 0.4) is 0 Å². The molecule has 1 rings (SSSR count). The lowest BCUT2D eigenvalue weighted by Crippen LogP contribution is -2.02. The third kappa shape index (κ3) is 3.67. The average Bonchev–Trinajstić information content (AvgIpc) is 2.15. The van der Waals surface area contributed by atoms with Crippen LogP contribution in [-0.4, -0.2) is 6.61 Å². The summed E-state index contributed by atoms with van der Waals surface area (Å²) in [5.74, 6) is 0.419. The topological polar surface area (TPSA) is 26.3 Å². The molecule has 0 saturated carbocycles. The third-order valence-corrected chi connectivity index (χ3v) is 2.60. The van der Waals surface area contributed by atoms with Gasteiger partial charge in [0, 0.05) is 0 Å². The van der Waals surface area contributed by atoms with E-state index in [-0.39, 0.29) is 0 Å². The van der Waals surface area contributed by atoms with E-state index in [2.05, 4.69) is 0 Å². The van der Waals surface area contributed by atoms with Gasteiger partial charge in [0.2, 0.25) is 5.30 Å². The van der Waals surface area contributed by atoms with E-state index >= 15 is 0 Å². The van der Waals surface area contributed by atoms with Crippen molar-refractivity contribution >= 4 is 13.3 Å². The Balaban J connectivity index is 2.50. The second-order valence-corrected chi connectivity index (χ2v) is 4.57. The second-order valence-electron chi connectivity index (χ2n) is 3.28. The number of benzene rings is 1. The van der Waals surface area contributed by atoms with Crippen molar-refractivity contribution in [3.05, 3.63) is 30.3 Å². The minimum Gasteiger partial charge on any atom is -0.142 e. The first-order chi connectivity index (χ1) is 6.20. The van der Waals surface area contributed by atoms with Gasteiger partial charge in [-0.15, -0.1) is 4.52 Å². The van der Waals surface area contributed by atoms with Gasteiger partial charge in [-0.3, -0.25) is 0 Å². The molecule has 0 radical (unpaired) electrons. The van der Waals surface area contributed by atoms with E-state index < -0.39 is 8.03 Å². The Hall–Kier alpha value is -0.720. The zero-order valence-corrected chi connectivity index (χ0v) is 8.83. The Morgan fingerprint density at radius 2 is 1.92 bits per heavy atom. The lowest BCUT2D eigenvalue weighted by atomic mass is 10.2. The molecule has 0 saturated heterocycles. The molecule has 0 aliphatic heterocycles. The molecule has 13 heavy (non-hydrogen) atoms. The lowest BCUT2D eigenvalue weighted by Gasteiger charge is -1.95. The van der Waals surface area contributed by atoms with Gasteiger partial charge >= 0.3 is 8.03 Å². The molecule has 1 aromatic rings. The van der Waals surface area contributed by atoms with Crippen LogP contribution in [0, 0.1) is 5.92 Å². The van der Waals surface area contributed by atoms with Crippen LogP contribution in [0.5, 0.6) is 0 Å². The SMILES string of the molecule is CC(C)CO[P+](=O)c1ccccc1. The third-order valence-electron chi connectivity index (χ3n) is 1.49. The quantitative estimate of drug-likeness (QED) is 0.693. The first kappa shape index (κ1) is 10.4. The Bertz CT molecular complexity index is 270. The summed E-state index contributed by atoms with van der Waals surface area (Å²) in [6.07, 6.45) is 0.